The van der Waals surface area contributed by atoms with E-state index in [-0.39, 0.29) is 48.0 Å². The molecule has 3 aliphatic rings. The molecule has 2 aromatic heterocycles. The van der Waals surface area contributed by atoms with Crippen molar-refractivity contribution in [1.29, 1.82) is 0 Å². The van der Waals surface area contributed by atoms with Gasteiger partial charge in [0, 0.05) is 16.8 Å². The molecule has 10 heteroatoms. The van der Waals surface area contributed by atoms with Crippen molar-refractivity contribution in [3.8, 4) is 17.0 Å². The molecule has 2 unspecified atom stereocenters. The number of piperidine rings is 2. The van der Waals surface area contributed by atoms with Crippen LogP contribution in [0.3, 0.4) is 0 Å². The molecule has 1 aromatic carbocycles. The smallest absolute Gasteiger partial charge is 0.233 e. The molecule has 6 rings (SSSR count). The topological polar surface area (TPSA) is 88.8 Å². The molecule has 8 nitrogen and oxygen atoms in total. The molecule has 37 heavy (non-hydrogen) atoms. The summed E-state index contributed by atoms with van der Waals surface area (Å²) in [6, 6.07) is 5.73. The minimum absolute atomic E-state index is 0. The number of nitrogens with zero attached hydrogens (tertiary/aromatic N) is 4. The first-order valence-corrected chi connectivity index (χ1v) is 12.9. The highest BCUT2D eigenvalue weighted by atomic mass is 35.5. The lowest BCUT2D eigenvalue weighted by Crippen LogP contribution is -2.35. The predicted octanol–water partition coefficient (Wildman–Crippen LogP) is 4.30. The van der Waals surface area contributed by atoms with Crippen molar-refractivity contribution >= 4 is 41.3 Å². The lowest BCUT2D eigenvalue weighted by atomic mass is 9.99. The Morgan fingerprint density at radius 1 is 1.14 bits per heavy atom. The number of hydrogen-bond acceptors (Lipinski definition) is 6. The monoisotopic (exact) mass is 543 g/mol. The number of aromatic nitrogens is 3. The maximum absolute atomic E-state index is 12.8. The number of nitrogens with one attached hydrogen (secondary N) is 1. The Morgan fingerprint density at radius 3 is 2.54 bits per heavy atom. The number of carbonyl (C=O) groups excluding carboxylic acids is 2. The molecule has 1 N–H and O–H groups in total. The Labute approximate surface area is 227 Å². The van der Waals surface area contributed by atoms with Gasteiger partial charge < -0.3 is 10.1 Å². The molecule has 3 fully saturated rings. The lowest BCUT2D eigenvalue weighted by Gasteiger charge is -2.24. The maximum atomic E-state index is 12.8. The largest absolute Gasteiger partial charge is 0.492 e. The van der Waals surface area contributed by atoms with Gasteiger partial charge in [0.2, 0.25) is 11.8 Å². The van der Waals surface area contributed by atoms with Crippen LogP contribution in [0.2, 0.25) is 5.02 Å². The molecule has 196 valence electrons. The number of ether oxygens (including phenoxy) is 1. The van der Waals surface area contributed by atoms with Crippen LogP contribution in [0.25, 0.3) is 16.8 Å². The Hall–Kier alpha value is -2.68. The van der Waals surface area contributed by atoms with Crippen molar-refractivity contribution in [2.75, 3.05) is 19.7 Å². The second-order valence-electron chi connectivity index (χ2n) is 10.9. The van der Waals surface area contributed by atoms with Crippen molar-refractivity contribution in [2.45, 2.75) is 40.2 Å². The lowest BCUT2D eigenvalue weighted by molar-refractivity contribution is -0.143. The van der Waals surface area contributed by atoms with Crippen LogP contribution in [0.5, 0.6) is 5.75 Å². The molecule has 1 aliphatic carbocycles. The van der Waals surface area contributed by atoms with Crippen molar-refractivity contribution in [1.82, 2.24) is 24.8 Å². The van der Waals surface area contributed by atoms with E-state index in [0.29, 0.717) is 23.2 Å². The number of imide groups is 1. The van der Waals surface area contributed by atoms with Crippen molar-refractivity contribution in [2.24, 2.45) is 23.2 Å². The fourth-order valence-electron chi connectivity index (χ4n) is 5.97. The number of aryl methyl sites for hydroxylation is 1. The highest BCUT2D eigenvalue weighted by molar-refractivity contribution is 6.31. The third-order valence-corrected chi connectivity index (χ3v) is 8.33. The molecular formula is C27H31Cl2N5O3. The quantitative estimate of drug-likeness (QED) is 0.466. The highest BCUT2D eigenvalue weighted by Crippen LogP contribution is 2.63. The molecular weight excluding hydrogens is 513 g/mol. The minimum atomic E-state index is -0.218. The fourth-order valence-corrected chi connectivity index (χ4v) is 6.24. The average Bonchev–Trinajstić information content (AvgIpc) is 3.10. The van der Waals surface area contributed by atoms with Crippen LogP contribution in [0.1, 0.15) is 37.8 Å². The Morgan fingerprint density at radius 2 is 1.84 bits per heavy atom. The maximum Gasteiger partial charge on any atom is 0.233 e. The SMILES string of the molecule is Cc1cc(Cl)cc(-c2ncnn3cc(CN4C(=O)C5C(C4=O)C5(C)C)cc23)c1OCC1CCNCC1.Cl. The zero-order valence-corrected chi connectivity index (χ0v) is 22.7. The van der Waals surface area contributed by atoms with Crippen LogP contribution in [0.15, 0.2) is 30.7 Å². The summed E-state index contributed by atoms with van der Waals surface area (Å²) in [5, 5.41) is 8.38. The molecule has 4 heterocycles. The number of halogens is 2. The van der Waals surface area contributed by atoms with Gasteiger partial charge >= 0.3 is 0 Å². The molecule has 3 aromatic rings. The molecule has 0 bridgehead atoms. The number of benzene rings is 1. The molecule has 2 atom stereocenters. The van der Waals surface area contributed by atoms with E-state index in [0.717, 1.165) is 53.9 Å². The van der Waals surface area contributed by atoms with E-state index in [9.17, 15) is 9.59 Å². The molecule has 2 saturated heterocycles. The number of likely N-dealkylation sites (tertiary alicyclic amines) is 1. The number of rotatable bonds is 6. The first-order chi connectivity index (χ1) is 17.3. The van der Waals surface area contributed by atoms with E-state index in [2.05, 4.69) is 15.4 Å². The van der Waals surface area contributed by atoms with Gasteiger partial charge in [-0.25, -0.2) is 9.50 Å². The summed E-state index contributed by atoms with van der Waals surface area (Å²) in [5.74, 6) is 0.754. The first kappa shape index (κ1) is 25.9. The third-order valence-electron chi connectivity index (χ3n) is 8.11. The van der Waals surface area contributed by atoms with E-state index in [1.54, 1.807) is 4.52 Å². The van der Waals surface area contributed by atoms with Crippen LogP contribution in [0, 0.1) is 30.1 Å². The van der Waals surface area contributed by atoms with Crippen molar-refractivity contribution in [3.63, 3.8) is 0 Å². The summed E-state index contributed by atoms with van der Waals surface area (Å²) in [4.78, 5) is 31.7. The second-order valence-corrected chi connectivity index (χ2v) is 11.4. The van der Waals surface area contributed by atoms with Crippen LogP contribution in [-0.4, -0.2) is 51.0 Å². The third kappa shape index (κ3) is 4.39. The number of fused-ring (bicyclic) bond motifs is 2. The number of amides is 2. The van der Waals surface area contributed by atoms with Gasteiger partial charge in [-0.15, -0.1) is 12.4 Å². The number of hydrogen-bond donors (Lipinski definition) is 1. The van der Waals surface area contributed by atoms with Gasteiger partial charge in [0.15, 0.2) is 0 Å². The molecule has 0 radical (unpaired) electrons. The van der Waals surface area contributed by atoms with Gasteiger partial charge in [0.05, 0.1) is 30.5 Å². The highest BCUT2D eigenvalue weighted by Gasteiger charge is 2.72. The van der Waals surface area contributed by atoms with E-state index in [1.807, 2.05) is 45.2 Å². The summed E-state index contributed by atoms with van der Waals surface area (Å²) in [6.07, 6.45) is 5.54. The van der Waals surface area contributed by atoms with Crippen LogP contribution < -0.4 is 10.1 Å². The molecule has 2 aliphatic heterocycles. The van der Waals surface area contributed by atoms with E-state index >= 15 is 0 Å². The van der Waals surface area contributed by atoms with Gasteiger partial charge in [0.1, 0.15) is 17.8 Å². The molecule has 2 amide bonds. The second kappa shape index (κ2) is 9.57. The average molecular weight is 544 g/mol. The van der Waals surface area contributed by atoms with E-state index in [4.69, 9.17) is 16.3 Å². The van der Waals surface area contributed by atoms with Gasteiger partial charge in [-0.1, -0.05) is 25.4 Å². The summed E-state index contributed by atoms with van der Waals surface area (Å²) >= 11 is 6.47. The zero-order valence-electron chi connectivity index (χ0n) is 21.2. The predicted molar refractivity (Wildman–Crippen MR) is 143 cm³/mol. The zero-order chi connectivity index (χ0) is 25.2. The fraction of sp³-hybridized carbons (Fsp3) is 0.481. The van der Waals surface area contributed by atoms with Crippen molar-refractivity contribution in [3.05, 3.63) is 46.9 Å². The summed E-state index contributed by atoms with van der Waals surface area (Å²) in [5.41, 5.74) is 3.83. The summed E-state index contributed by atoms with van der Waals surface area (Å²) in [6.45, 7) is 8.87. The number of carbonyl (C=O) groups is 2. The van der Waals surface area contributed by atoms with Crippen molar-refractivity contribution < 1.29 is 14.3 Å². The standard InChI is InChI=1S/C27H30ClN5O3.ClH/c1-15-8-18(28)10-19(24(15)36-13-16-4-6-29-7-5-16)23-20-9-17(12-33(20)31-14-30-23)11-32-25(34)21-22(26(32)35)27(21,2)3;/h8-10,12,14,16,21-22,29H,4-7,11,13H2,1-3H3;1H. The van der Waals surface area contributed by atoms with Crippen LogP contribution >= 0.6 is 24.0 Å². The Bertz CT molecular complexity index is 1360. The van der Waals surface area contributed by atoms with Gasteiger partial charge in [-0.3, -0.25) is 14.5 Å². The van der Waals surface area contributed by atoms with Gasteiger partial charge in [-0.2, -0.15) is 5.10 Å². The molecule has 1 saturated carbocycles. The summed E-state index contributed by atoms with van der Waals surface area (Å²) in [7, 11) is 0. The van der Waals surface area contributed by atoms with E-state index in [1.165, 1.54) is 11.2 Å². The van der Waals surface area contributed by atoms with Gasteiger partial charge in [0.25, 0.3) is 0 Å². The minimum Gasteiger partial charge on any atom is -0.492 e. The van der Waals surface area contributed by atoms with Crippen LogP contribution in [0.4, 0.5) is 0 Å². The van der Waals surface area contributed by atoms with Gasteiger partial charge in [-0.05, 0) is 73.5 Å². The van der Waals surface area contributed by atoms with E-state index < -0.39 is 0 Å². The molecule has 0 spiro atoms. The Balaban J connectivity index is 0.00000280. The first-order valence-electron chi connectivity index (χ1n) is 12.6. The Kier molecular flexibility index (Phi) is 6.71. The summed E-state index contributed by atoms with van der Waals surface area (Å²) < 4.78 is 8.13. The van der Waals surface area contributed by atoms with Crippen LogP contribution in [-0.2, 0) is 16.1 Å². The normalized spacial score (nSPS) is 22.8.